The molecule has 0 bridgehead atoms. The summed E-state index contributed by atoms with van der Waals surface area (Å²) in [5, 5.41) is 15.2. The van der Waals surface area contributed by atoms with Crippen LogP contribution in [0.3, 0.4) is 0 Å². The number of pyridine rings is 1. The lowest BCUT2D eigenvalue weighted by Crippen LogP contribution is -2.53. The molecule has 69 heavy (non-hydrogen) atoms. The van der Waals surface area contributed by atoms with E-state index in [1.54, 1.807) is 30.4 Å². The van der Waals surface area contributed by atoms with E-state index in [0.29, 0.717) is 57.6 Å². The molecule has 15 nitrogen and oxygen atoms in total. The molecule has 0 unspecified atom stereocenters. The Kier molecular flexibility index (Phi) is 13.3. The molecule has 2 amide bonds. The van der Waals surface area contributed by atoms with E-state index >= 15 is 8.78 Å². The average molecular weight is 1020 g/mol. The predicted octanol–water partition coefficient (Wildman–Crippen LogP) is 8.09. The molecule has 3 aromatic carbocycles. The van der Waals surface area contributed by atoms with E-state index in [1.807, 2.05) is 43.7 Å². The second-order valence-corrected chi connectivity index (χ2v) is 22.9. The van der Waals surface area contributed by atoms with Crippen molar-refractivity contribution in [2.75, 3.05) is 74.7 Å². The van der Waals surface area contributed by atoms with E-state index in [-0.39, 0.29) is 24.5 Å². The molecule has 3 N–H and O–H groups in total. The normalized spacial score (nSPS) is 18.7. The van der Waals surface area contributed by atoms with Gasteiger partial charge in [-0.1, -0.05) is 18.2 Å². The summed E-state index contributed by atoms with van der Waals surface area (Å²) < 4.78 is 53.1. The number of amides is 2. The van der Waals surface area contributed by atoms with Crippen LogP contribution in [0.2, 0.25) is 0 Å². The Morgan fingerprint density at radius 3 is 2.33 bits per heavy atom. The zero-order valence-electron chi connectivity index (χ0n) is 38.9. The van der Waals surface area contributed by atoms with Crippen LogP contribution in [0, 0.1) is 11.6 Å². The van der Waals surface area contributed by atoms with Crippen LogP contribution < -0.4 is 30.9 Å². The van der Waals surface area contributed by atoms with Gasteiger partial charge in [-0.25, -0.2) is 13.8 Å². The molecule has 0 radical (unpaired) electrons. The number of hydrogen-bond acceptors (Lipinski definition) is 13. The first-order valence-corrected chi connectivity index (χ1v) is 27.0. The van der Waals surface area contributed by atoms with Crippen LogP contribution >= 0.6 is 23.1 Å². The van der Waals surface area contributed by atoms with Gasteiger partial charge in [-0.05, 0) is 97.6 Å². The minimum atomic E-state index is -2.76. The summed E-state index contributed by atoms with van der Waals surface area (Å²) in [4.78, 5) is 45.5. The summed E-state index contributed by atoms with van der Waals surface area (Å²) in [5.74, 6) is -2.00. The number of aryl methyl sites for hydroxylation is 1. The number of piperidine rings is 2. The zero-order chi connectivity index (χ0) is 48.0. The molecule has 3 saturated heterocycles. The third kappa shape index (κ3) is 10.4. The van der Waals surface area contributed by atoms with Crippen molar-refractivity contribution in [3.8, 4) is 16.9 Å². The van der Waals surface area contributed by atoms with Crippen molar-refractivity contribution < 1.29 is 27.7 Å². The number of nitrogens with zero attached hydrogens (tertiary/aromatic N) is 8. The first kappa shape index (κ1) is 46.9. The monoisotopic (exact) mass is 1020 g/mol. The van der Waals surface area contributed by atoms with Gasteiger partial charge in [0.05, 0.1) is 45.8 Å². The lowest BCUT2D eigenvalue weighted by molar-refractivity contribution is -0.134. The highest BCUT2D eigenvalue weighted by Crippen LogP contribution is 2.45. The highest BCUT2D eigenvalue weighted by Gasteiger charge is 2.34. The van der Waals surface area contributed by atoms with Crippen LogP contribution in [0.5, 0.6) is 5.75 Å². The maximum Gasteiger partial charge on any atom is 0.234 e. The van der Waals surface area contributed by atoms with E-state index in [4.69, 9.17) is 9.72 Å². The summed E-state index contributed by atoms with van der Waals surface area (Å²) in [6, 6.07) is 15.1. The topological polar surface area (TPSA) is 163 Å². The van der Waals surface area contributed by atoms with Crippen LogP contribution in [-0.4, -0.2) is 118 Å². The van der Waals surface area contributed by atoms with Crippen molar-refractivity contribution in [3.63, 3.8) is 0 Å². The number of carbonyl (C=O) groups excluding carboxylic acids is 2. The zero-order valence-corrected chi connectivity index (χ0v) is 41.3. The quantitative estimate of drug-likeness (QED) is 0.0710. The Morgan fingerprint density at radius 1 is 0.884 bits per heavy atom. The van der Waals surface area contributed by atoms with Gasteiger partial charge in [0.25, 0.3) is 0 Å². The summed E-state index contributed by atoms with van der Waals surface area (Å²) in [7, 11) is -0.843. The molecule has 3 aromatic heterocycles. The maximum absolute atomic E-state index is 15.2. The fourth-order valence-electron chi connectivity index (χ4n) is 9.94. The second kappa shape index (κ2) is 19.5. The number of fused-ring (bicyclic) bond motifs is 1. The van der Waals surface area contributed by atoms with Crippen molar-refractivity contribution in [2.45, 2.75) is 63.0 Å². The standard InChI is InChI=1S/C50H55BrF2N11O4P/c1-61-29-31(26-56-61)36-24-41(58-50-55-27-37(51)48(60-50)57-42-28-54-40-7-5-4-6-34(40)47(42)69(2,3)67)44(68-33-8-9-33)25-43(36)64-16-13-32(14-17-64)63-20-18-62(19-21-63)15-12-30-22-38(52)46(39(53)23-30)35-10-11-45(65)59-49(35)66/h4-7,22-29,32-33,35H,8-21H2,1-3H3,(H,59,65,66)(H2,55,57,58,60)/t35-/m1/s1. The van der Waals surface area contributed by atoms with Gasteiger partial charge in [-0.2, -0.15) is 10.1 Å². The van der Waals surface area contributed by atoms with E-state index in [0.717, 1.165) is 98.4 Å². The van der Waals surface area contributed by atoms with E-state index in [1.165, 1.54) is 12.1 Å². The maximum atomic E-state index is 15.2. The molecule has 1 saturated carbocycles. The fourth-order valence-corrected chi connectivity index (χ4v) is 11.7. The van der Waals surface area contributed by atoms with Crippen LogP contribution in [0.25, 0.3) is 22.0 Å². The summed E-state index contributed by atoms with van der Waals surface area (Å²) in [5.41, 5.74) is 5.46. The third-order valence-electron chi connectivity index (χ3n) is 13.6. The molecule has 4 fully saturated rings. The minimum Gasteiger partial charge on any atom is -0.488 e. The van der Waals surface area contributed by atoms with Crippen LogP contribution in [0.4, 0.5) is 37.6 Å². The number of halogens is 3. The first-order chi connectivity index (χ1) is 33.2. The molecule has 1 aliphatic carbocycles. The summed E-state index contributed by atoms with van der Waals surface area (Å²) in [6.07, 6.45) is 12.0. The Labute approximate surface area is 407 Å². The first-order valence-electron chi connectivity index (χ1n) is 23.6. The molecule has 10 rings (SSSR count). The number of benzene rings is 3. The number of carbonyl (C=O) groups is 2. The number of rotatable bonds is 14. The van der Waals surface area contributed by atoms with Crippen molar-refractivity contribution in [1.29, 1.82) is 0 Å². The van der Waals surface area contributed by atoms with Gasteiger partial charge in [0.15, 0.2) is 0 Å². The molecule has 19 heteroatoms. The average Bonchev–Trinajstić information content (AvgIpc) is 4.05. The van der Waals surface area contributed by atoms with Gasteiger partial charge in [-0.3, -0.25) is 29.5 Å². The Hall–Kier alpha value is -5.81. The highest BCUT2D eigenvalue weighted by atomic mass is 79.9. The fraction of sp³-hybridized carbons (Fsp3) is 0.400. The largest absolute Gasteiger partial charge is 0.488 e. The lowest BCUT2D eigenvalue weighted by Gasteiger charge is -2.43. The van der Waals surface area contributed by atoms with Gasteiger partial charge in [-0.15, -0.1) is 0 Å². The molecule has 0 spiro atoms. The Bertz CT molecular complexity index is 2960. The minimum absolute atomic E-state index is 0.0592. The molecule has 3 aliphatic heterocycles. The van der Waals surface area contributed by atoms with E-state index in [2.05, 4.69) is 73.8 Å². The number of nitrogens with one attached hydrogen (secondary N) is 3. The number of imide groups is 1. The van der Waals surface area contributed by atoms with Crippen molar-refractivity contribution in [2.24, 2.45) is 7.05 Å². The summed E-state index contributed by atoms with van der Waals surface area (Å²) in [6.45, 7) is 9.47. The van der Waals surface area contributed by atoms with Crippen molar-refractivity contribution >= 4 is 79.9 Å². The van der Waals surface area contributed by atoms with Gasteiger partial charge >= 0.3 is 0 Å². The van der Waals surface area contributed by atoms with E-state index in [9.17, 15) is 14.2 Å². The van der Waals surface area contributed by atoms with Crippen LogP contribution in [0.1, 0.15) is 55.6 Å². The SMILES string of the molecule is Cn1cc(-c2cc(Nc3ncc(Br)c(Nc4cnc5ccccc5c4P(C)(C)=O)n3)c(OC3CC3)cc2N2CCC(N3CCN(CCc4cc(F)c([C@H]5CCC(=O)NC5=O)c(F)c4)CC3)CC2)cn1. The number of hydrogen-bond donors (Lipinski definition) is 3. The molecule has 6 aromatic rings. The number of ether oxygens (including phenoxy) is 1. The van der Waals surface area contributed by atoms with Crippen molar-refractivity contribution in [1.82, 2.24) is 39.8 Å². The Balaban J connectivity index is 0.817. The highest BCUT2D eigenvalue weighted by molar-refractivity contribution is 9.10. The van der Waals surface area contributed by atoms with E-state index < -0.39 is 36.5 Å². The van der Waals surface area contributed by atoms with Crippen LogP contribution in [-0.2, 0) is 27.6 Å². The number of anilines is 5. The molecule has 360 valence electrons. The Morgan fingerprint density at radius 2 is 1.64 bits per heavy atom. The van der Waals surface area contributed by atoms with Gasteiger partial charge in [0.1, 0.15) is 30.3 Å². The molecule has 4 aliphatic rings. The number of para-hydroxylation sites is 1. The molecular weight excluding hydrogens is 967 g/mol. The van der Waals surface area contributed by atoms with Crippen LogP contribution in [0.15, 0.2) is 77.8 Å². The molecule has 1 atom stereocenters. The summed E-state index contributed by atoms with van der Waals surface area (Å²) >= 11 is 3.63. The lowest BCUT2D eigenvalue weighted by atomic mass is 9.89. The smallest absolute Gasteiger partial charge is 0.234 e. The number of piperazine rings is 1. The molecular formula is C50H55BrF2N11O4P. The van der Waals surface area contributed by atoms with Gasteiger partial charge in [0, 0.05) is 117 Å². The number of aromatic nitrogens is 5. The van der Waals surface area contributed by atoms with Gasteiger partial charge < -0.3 is 29.7 Å². The third-order valence-corrected chi connectivity index (χ3v) is 15.8. The van der Waals surface area contributed by atoms with Gasteiger partial charge in [0.2, 0.25) is 17.8 Å². The molecule has 6 heterocycles. The second-order valence-electron chi connectivity index (χ2n) is 18.9. The predicted molar refractivity (Wildman–Crippen MR) is 268 cm³/mol. The van der Waals surface area contributed by atoms with Crippen molar-refractivity contribution in [3.05, 3.63) is 101 Å².